The van der Waals surface area contributed by atoms with Gasteiger partial charge in [0.1, 0.15) is 24.7 Å². The van der Waals surface area contributed by atoms with Crippen molar-refractivity contribution in [1.29, 1.82) is 0 Å². The molecule has 4 aromatic carbocycles. The molecule has 0 aromatic heterocycles. The molecule has 0 aliphatic carbocycles. The molecule has 0 saturated carbocycles. The van der Waals surface area contributed by atoms with Crippen LogP contribution in [0.15, 0.2) is 97.1 Å². The molecule has 0 aliphatic rings. The second-order valence-electron chi connectivity index (χ2n) is 7.39. The Balaban J connectivity index is 1.60. The van der Waals surface area contributed by atoms with E-state index >= 15 is 0 Å². The lowest BCUT2D eigenvalue weighted by Gasteiger charge is -2.20. The third kappa shape index (κ3) is 4.86. The number of ether oxygens (including phenoxy) is 3. The molecule has 0 N–H and O–H groups in total. The number of para-hydroxylation sites is 1. The maximum Gasteiger partial charge on any atom is 0.333 e. The number of rotatable bonds is 8. The quantitative estimate of drug-likeness (QED) is 0.204. The Bertz CT molecular complexity index is 1160. The minimum absolute atomic E-state index is 0.157. The van der Waals surface area contributed by atoms with E-state index < -0.39 is 12.1 Å². The number of carbonyl (C=O) groups excluding carboxylic acids is 1. The summed E-state index contributed by atoms with van der Waals surface area (Å²) in [7, 11) is 0. The molecule has 0 spiro atoms. The maximum atomic E-state index is 12.2. The topological polar surface area (TPSA) is 44.8 Å². The first-order valence-corrected chi connectivity index (χ1v) is 10.2. The molecule has 156 valence electrons. The van der Waals surface area contributed by atoms with Crippen molar-refractivity contribution < 1.29 is 19.0 Å². The van der Waals surface area contributed by atoms with Gasteiger partial charge in [-0.1, -0.05) is 73.3 Å². The Hall–Kier alpha value is -3.79. The van der Waals surface area contributed by atoms with Crippen molar-refractivity contribution in [3.63, 3.8) is 0 Å². The van der Waals surface area contributed by atoms with Crippen molar-refractivity contribution in [3.8, 4) is 11.5 Å². The van der Waals surface area contributed by atoms with Crippen molar-refractivity contribution in [3.05, 3.63) is 97.1 Å². The highest BCUT2D eigenvalue weighted by Gasteiger charge is 2.19. The predicted octanol–water partition coefficient (Wildman–Crippen LogP) is 5.94. The number of carbonyl (C=O) groups is 1. The van der Waals surface area contributed by atoms with Crippen molar-refractivity contribution in [2.75, 3.05) is 13.2 Å². The van der Waals surface area contributed by atoms with Crippen LogP contribution in [-0.2, 0) is 9.53 Å². The molecule has 4 aromatic rings. The summed E-state index contributed by atoms with van der Waals surface area (Å²) in [5.41, 5.74) is 0.334. The second kappa shape index (κ2) is 9.35. The number of hydrogen-bond acceptors (Lipinski definition) is 4. The molecule has 0 aliphatic heterocycles. The average Bonchev–Trinajstić information content (AvgIpc) is 2.80. The molecular weight excluding hydrogens is 388 g/mol. The van der Waals surface area contributed by atoms with Crippen molar-refractivity contribution in [2.24, 2.45) is 0 Å². The molecule has 1 atom stereocenters. The molecule has 0 amide bonds. The highest BCUT2D eigenvalue weighted by molar-refractivity contribution is 6.05. The van der Waals surface area contributed by atoms with E-state index in [0.717, 1.165) is 27.3 Å². The summed E-state index contributed by atoms with van der Waals surface area (Å²) in [6.45, 7) is 5.62. The van der Waals surface area contributed by atoms with Gasteiger partial charge in [0, 0.05) is 16.3 Å². The van der Waals surface area contributed by atoms with Crippen LogP contribution in [0.3, 0.4) is 0 Å². The van der Waals surface area contributed by atoms with Gasteiger partial charge in [0.05, 0.1) is 0 Å². The van der Waals surface area contributed by atoms with Gasteiger partial charge < -0.3 is 14.2 Å². The monoisotopic (exact) mass is 412 g/mol. The molecule has 4 rings (SSSR count). The molecular formula is C27H24O4. The van der Waals surface area contributed by atoms with Crippen LogP contribution >= 0.6 is 0 Å². The number of esters is 1. The number of fused-ring (bicyclic) bond motifs is 2. The maximum absolute atomic E-state index is 12.2. The molecule has 0 saturated heterocycles. The van der Waals surface area contributed by atoms with Gasteiger partial charge >= 0.3 is 5.97 Å². The smallest absolute Gasteiger partial charge is 0.333 e. The van der Waals surface area contributed by atoms with Gasteiger partial charge in [-0.3, -0.25) is 0 Å². The van der Waals surface area contributed by atoms with Crippen LogP contribution in [0.4, 0.5) is 0 Å². The van der Waals surface area contributed by atoms with Crippen LogP contribution in [0.1, 0.15) is 6.92 Å². The van der Waals surface area contributed by atoms with Gasteiger partial charge in [-0.15, -0.1) is 0 Å². The lowest BCUT2D eigenvalue weighted by molar-refractivity contribution is -0.147. The van der Waals surface area contributed by atoms with E-state index in [1.54, 1.807) is 6.92 Å². The second-order valence-corrected chi connectivity index (χ2v) is 7.39. The van der Waals surface area contributed by atoms with Gasteiger partial charge in [-0.05, 0) is 35.9 Å². The standard InChI is InChI=1S/C27H24O4/c1-19(2)27(28)31-23(17-29-22-12-4-3-5-13-22)18-30-26-24-14-8-6-10-20(24)16-21-11-7-9-15-25(21)26/h3-16,23H,1,17-18H2,2H3. The SMILES string of the molecule is C=C(C)C(=O)OC(COc1ccccc1)COc1c2ccccc2cc2ccccc12. The van der Waals surface area contributed by atoms with E-state index in [2.05, 4.69) is 24.8 Å². The van der Waals surface area contributed by atoms with Crippen LogP contribution < -0.4 is 9.47 Å². The normalized spacial score (nSPS) is 11.8. The van der Waals surface area contributed by atoms with Gasteiger partial charge in [-0.2, -0.15) is 0 Å². The fourth-order valence-electron chi connectivity index (χ4n) is 3.38. The molecule has 0 fully saturated rings. The zero-order chi connectivity index (χ0) is 21.6. The van der Waals surface area contributed by atoms with Gasteiger partial charge in [0.2, 0.25) is 0 Å². The highest BCUT2D eigenvalue weighted by Crippen LogP contribution is 2.35. The van der Waals surface area contributed by atoms with E-state index in [1.807, 2.05) is 66.7 Å². The van der Waals surface area contributed by atoms with E-state index in [9.17, 15) is 4.79 Å². The zero-order valence-corrected chi connectivity index (χ0v) is 17.4. The molecule has 4 nitrogen and oxygen atoms in total. The average molecular weight is 412 g/mol. The number of benzene rings is 4. The third-order valence-corrected chi connectivity index (χ3v) is 4.94. The summed E-state index contributed by atoms with van der Waals surface area (Å²) in [6.07, 6.45) is -0.595. The van der Waals surface area contributed by atoms with Crippen LogP contribution in [0, 0.1) is 0 Å². The van der Waals surface area contributed by atoms with Gasteiger partial charge in [0.15, 0.2) is 6.10 Å². The molecule has 4 heteroatoms. The molecule has 0 bridgehead atoms. The van der Waals surface area contributed by atoms with Gasteiger partial charge in [-0.25, -0.2) is 4.79 Å². The van der Waals surface area contributed by atoms with Crippen LogP contribution in [0.5, 0.6) is 11.5 Å². The van der Waals surface area contributed by atoms with Crippen LogP contribution in [0.2, 0.25) is 0 Å². The van der Waals surface area contributed by atoms with E-state index in [1.165, 1.54) is 0 Å². The van der Waals surface area contributed by atoms with Crippen LogP contribution in [0.25, 0.3) is 21.5 Å². The van der Waals surface area contributed by atoms with Crippen molar-refractivity contribution >= 4 is 27.5 Å². The summed E-state index contributed by atoms with van der Waals surface area (Å²) in [5.74, 6) is 1.01. The molecule has 0 radical (unpaired) electrons. The minimum atomic E-state index is -0.595. The molecule has 31 heavy (non-hydrogen) atoms. The van der Waals surface area contributed by atoms with Crippen molar-refractivity contribution in [1.82, 2.24) is 0 Å². The summed E-state index contributed by atoms with van der Waals surface area (Å²) in [5, 5.41) is 4.20. The first kappa shape index (κ1) is 20.5. The summed E-state index contributed by atoms with van der Waals surface area (Å²) in [4.78, 5) is 12.2. The Labute approximate surface area is 181 Å². The summed E-state index contributed by atoms with van der Waals surface area (Å²) in [6, 6.07) is 27.7. The lowest BCUT2D eigenvalue weighted by atomic mass is 10.0. The van der Waals surface area contributed by atoms with E-state index in [-0.39, 0.29) is 13.2 Å². The lowest BCUT2D eigenvalue weighted by Crippen LogP contribution is -2.31. The molecule has 1 unspecified atom stereocenters. The van der Waals surface area contributed by atoms with Crippen LogP contribution in [-0.4, -0.2) is 25.3 Å². The predicted molar refractivity (Wildman–Crippen MR) is 124 cm³/mol. The zero-order valence-electron chi connectivity index (χ0n) is 17.4. The van der Waals surface area contributed by atoms with E-state index in [0.29, 0.717) is 11.3 Å². The number of hydrogen-bond donors (Lipinski definition) is 0. The van der Waals surface area contributed by atoms with E-state index in [4.69, 9.17) is 14.2 Å². The Morgan fingerprint density at radius 2 is 1.35 bits per heavy atom. The summed E-state index contributed by atoms with van der Waals surface area (Å²) >= 11 is 0. The summed E-state index contributed by atoms with van der Waals surface area (Å²) < 4.78 is 17.7. The Morgan fingerprint density at radius 3 is 1.97 bits per heavy atom. The largest absolute Gasteiger partial charge is 0.490 e. The fourth-order valence-corrected chi connectivity index (χ4v) is 3.38. The van der Waals surface area contributed by atoms with Gasteiger partial charge in [0.25, 0.3) is 0 Å². The third-order valence-electron chi connectivity index (χ3n) is 4.94. The first-order valence-electron chi connectivity index (χ1n) is 10.2. The molecule has 0 heterocycles. The Kier molecular flexibility index (Phi) is 6.18. The van der Waals surface area contributed by atoms with Crippen molar-refractivity contribution in [2.45, 2.75) is 13.0 Å². The Morgan fingerprint density at radius 1 is 0.806 bits per heavy atom. The first-order chi connectivity index (χ1) is 15.1. The highest BCUT2D eigenvalue weighted by atomic mass is 16.6. The fraction of sp³-hybridized carbons (Fsp3) is 0.148. The minimum Gasteiger partial charge on any atom is -0.490 e.